The summed E-state index contributed by atoms with van der Waals surface area (Å²) in [5, 5.41) is 3.75. The molecule has 2 aliphatic carbocycles. The average Bonchev–Trinajstić information content (AvgIpc) is 2.39. The van der Waals surface area contributed by atoms with E-state index in [9.17, 15) is 0 Å². The van der Waals surface area contributed by atoms with Crippen molar-refractivity contribution in [1.82, 2.24) is 10.3 Å². The average molecular weight is 228 g/mol. The van der Waals surface area contributed by atoms with E-state index in [0.717, 1.165) is 12.3 Å². The van der Waals surface area contributed by atoms with Crippen LogP contribution in [0.4, 0.5) is 0 Å². The van der Waals surface area contributed by atoms with Crippen LogP contribution in [-0.4, -0.2) is 17.6 Å². The lowest BCUT2D eigenvalue weighted by Crippen LogP contribution is -2.59. The van der Waals surface area contributed by atoms with Crippen LogP contribution in [0.1, 0.15) is 43.4 Å². The lowest BCUT2D eigenvalue weighted by atomic mass is 9.53. The normalized spacial score (nSPS) is 39.3. The SMILES string of the molecule is c1cnc2c(c1)[C@@]13CCCC[C@H]1[C@@H](C2)NCC3. The Labute approximate surface area is 103 Å². The van der Waals surface area contributed by atoms with Crippen molar-refractivity contribution in [3.05, 3.63) is 29.6 Å². The molecule has 2 bridgehead atoms. The number of nitrogens with zero attached hydrogens (tertiary/aromatic N) is 1. The summed E-state index contributed by atoms with van der Waals surface area (Å²) < 4.78 is 0. The number of rotatable bonds is 0. The summed E-state index contributed by atoms with van der Waals surface area (Å²) in [5.41, 5.74) is 3.46. The van der Waals surface area contributed by atoms with Gasteiger partial charge < -0.3 is 5.32 Å². The largest absolute Gasteiger partial charge is 0.313 e. The predicted molar refractivity (Wildman–Crippen MR) is 68.0 cm³/mol. The van der Waals surface area contributed by atoms with E-state index in [1.54, 1.807) is 5.56 Å². The van der Waals surface area contributed by atoms with E-state index in [1.165, 1.54) is 44.3 Å². The lowest BCUT2D eigenvalue weighted by Gasteiger charge is -2.55. The molecule has 0 radical (unpaired) electrons. The van der Waals surface area contributed by atoms with Crippen molar-refractivity contribution in [1.29, 1.82) is 0 Å². The van der Waals surface area contributed by atoms with Crippen molar-refractivity contribution in [2.24, 2.45) is 5.92 Å². The van der Waals surface area contributed by atoms with Gasteiger partial charge in [0.25, 0.3) is 0 Å². The van der Waals surface area contributed by atoms with Crippen LogP contribution in [0.15, 0.2) is 18.3 Å². The first-order chi connectivity index (χ1) is 8.40. The van der Waals surface area contributed by atoms with Crippen molar-refractivity contribution in [3.8, 4) is 0 Å². The van der Waals surface area contributed by atoms with Crippen molar-refractivity contribution in [2.75, 3.05) is 6.54 Å². The number of hydrogen-bond acceptors (Lipinski definition) is 2. The Hall–Kier alpha value is -0.890. The molecule has 2 heterocycles. The second kappa shape index (κ2) is 3.55. The number of pyridine rings is 1. The Bertz CT molecular complexity index is 438. The predicted octanol–water partition coefficient (Wildman–Crippen LogP) is 2.43. The maximum Gasteiger partial charge on any atom is 0.0456 e. The molecule has 3 aliphatic rings. The van der Waals surface area contributed by atoms with Crippen LogP contribution in [0.2, 0.25) is 0 Å². The summed E-state index contributed by atoms with van der Waals surface area (Å²) in [4.78, 5) is 4.65. The molecule has 1 N–H and O–H groups in total. The van der Waals surface area contributed by atoms with Gasteiger partial charge in [0.2, 0.25) is 0 Å². The first-order valence-electron chi connectivity index (χ1n) is 7.08. The summed E-state index contributed by atoms with van der Waals surface area (Å²) in [6.45, 7) is 1.20. The Kier molecular flexibility index (Phi) is 2.10. The van der Waals surface area contributed by atoms with Gasteiger partial charge in [0.1, 0.15) is 0 Å². The first kappa shape index (κ1) is 10.1. The fourth-order valence-electron chi connectivity index (χ4n) is 4.73. The minimum absolute atomic E-state index is 0.482. The molecule has 1 saturated carbocycles. The number of aromatic nitrogens is 1. The minimum Gasteiger partial charge on any atom is -0.313 e. The van der Waals surface area contributed by atoms with E-state index in [0.29, 0.717) is 11.5 Å². The molecule has 3 atom stereocenters. The molecule has 90 valence electrons. The number of fused-ring (bicyclic) bond motifs is 1. The molecule has 0 amide bonds. The number of piperidine rings is 1. The molecule has 1 saturated heterocycles. The highest BCUT2D eigenvalue weighted by molar-refractivity contribution is 5.37. The van der Waals surface area contributed by atoms with Crippen LogP contribution in [0.25, 0.3) is 0 Å². The second-order valence-corrected chi connectivity index (χ2v) is 6.02. The number of hydrogen-bond donors (Lipinski definition) is 1. The van der Waals surface area contributed by atoms with Gasteiger partial charge in [0.15, 0.2) is 0 Å². The maximum atomic E-state index is 4.65. The summed E-state index contributed by atoms with van der Waals surface area (Å²) in [6, 6.07) is 5.20. The zero-order valence-electron chi connectivity index (χ0n) is 10.3. The third-order valence-corrected chi connectivity index (χ3v) is 5.40. The first-order valence-corrected chi connectivity index (χ1v) is 7.08. The molecule has 2 fully saturated rings. The second-order valence-electron chi connectivity index (χ2n) is 6.02. The molecule has 2 nitrogen and oxygen atoms in total. The zero-order valence-corrected chi connectivity index (χ0v) is 10.3. The van der Waals surface area contributed by atoms with Gasteiger partial charge in [-0.05, 0) is 43.4 Å². The standard InChI is InChI=1S/C15H20N2/c1-2-6-15-7-9-17-14(11(15)4-1)10-13-12(15)5-3-8-16-13/h3,5,8,11,14,17H,1-2,4,6-7,9-10H2/t11-,14+,15+/m0/s1. The van der Waals surface area contributed by atoms with Gasteiger partial charge in [-0.25, -0.2) is 0 Å². The topological polar surface area (TPSA) is 24.9 Å². The van der Waals surface area contributed by atoms with E-state index >= 15 is 0 Å². The van der Waals surface area contributed by atoms with Crippen LogP contribution >= 0.6 is 0 Å². The van der Waals surface area contributed by atoms with E-state index in [4.69, 9.17) is 0 Å². The molecule has 4 rings (SSSR count). The van der Waals surface area contributed by atoms with Crippen molar-refractivity contribution in [2.45, 2.75) is 50.0 Å². The van der Waals surface area contributed by atoms with Crippen molar-refractivity contribution >= 4 is 0 Å². The quantitative estimate of drug-likeness (QED) is 0.737. The van der Waals surface area contributed by atoms with E-state index < -0.39 is 0 Å². The van der Waals surface area contributed by atoms with E-state index in [-0.39, 0.29) is 0 Å². The van der Waals surface area contributed by atoms with Crippen LogP contribution in [0.5, 0.6) is 0 Å². The molecule has 0 spiro atoms. The van der Waals surface area contributed by atoms with Gasteiger partial charge in [0.05, 0.1) is 0 Å². The molecule has 0 unspecified atom stereocenters. The Balaban J connectivity index is 1.90. The lowest BCUT2D eigenvalue weighted by molar-refractivity contribution is 0.0783. The van der Waals surface area contributed by atoms with Gasteiger partial charge in [-0.15, -0.1) is 0 Å². The maximum absolute atomic E-state index is 4.65. The van der Waals surface area contributed by atoms with Crippen LogP contribution < -0.4 is 5.32 Å². The van der Waals surface area contributed by atoms with E-state index in [1.807, 2.05) is 6.20 Å². The van der Waals surface area contributed by atoms with Crippen LogP contribution in [0.3, 0.4) is 0 Å². The highest BCUT2D eigenvalue weighted by atomic mass is 15.0. The molecule has 0 aromatic carbocycles. The Morgan fingerprint density at radius 2 is 2.29 bits per heavy atom. The van der Waals surface area contributed by atoms with Crippen LogP contribution in [-0.2, 0) is 11.8 Å². The summed E-state index contributed by atoms with van der Waals surface area (Å²) in [7, 11) is 0. The third-order valence-electron chi connectivity index (χ3n) is 5.40. The smallest absolute Gasteiger partial charge is 0.0456 e. The van der Waals surface area contributed by atoms with Crippen molar-refractivity contribution < 1.29 is 0 Å². The van der Waals surface area contributed by atoms with Gasteiger partial charge in [-0.2, -0.15) is 0 Å². The molecule has 17 heavy (non-hydrogen) atoms. The molecule has 1 aromatic rings. The monoisotopic (exact) mass is 228 g/mol. The summed E-state index contributed by atoms with van der Waals surface area (Å²) in [5.74, 6) is 0.877. The Morgan fingerprint density at radius 3 is 3.29 bits per heavy atom. The zero-order chi connectivity index (χ0) is 11.3. The minimum atomic E-state index is 0.482. The Morgan fingerprint density at radius 1 is 1.29 bits per heavy atom. The van der Waals surface area contributed by atoms with Crippen LogP contribution in [0, 0.1) is 5.92 Å². The summed E-state index contributed by atoms with van der Waals surface area (Å²) >= 11 is 0. The molecule has 1 aromatic heterocycles. The fourth-order valence-corrected chi connectivity index (χ4v) is 4.73. The molecule has 2 heteroatoms. The van der Waals surface area contributed by atoms with Gasteiger partial charge in [-0.3, -0.25) is 4.98 Å². The summed E-state index contributed by atoms with van der Waals surface area (Å²) in [6.07, 6.45) is 10.1. The van der Waals surface area contributed by atoms with Crippen molar-refractivity contribution in [3.63, 3.8) is 0 Å². The molecular formula is C15H20N2. The fraction of sp³-hybridized carbons (Fsp3) is 0.667. The van der Waals surface area contributed by atoms with Gasteiger partial charge in [0, 0.05) is 29.8 Å². The highest BCUT2D eigenvalue weighted by Crippen LogP contribution is 2.53. The molecule has 1 aliphatic heterocycles. The van der Waals surface area contributed by atoms with E-state index in [2.05, 4.69) is 22.4 Å². The highest BCUT2D eigenvalue weighted by Gasteiger charge is 2.51. The number of nitrogens with one attached hydrogen (secondary N) is 1. The molecular weight excluding hydrogens is 208 g/mol. The van der Waals surface area contributed by atoms with Gasteiger partial charge in [-0.1, -0.05) is 18.9 Å². The van der Waals surface area contributed by atoms with Gasteiger partial charge >= 0.3 is 0 Å². The third kappa shape index (κ3) is 1.28.